The molecule has 0 saturated heterocycles. The summed E-state index contributed by atoms with van der Waals surface area (Å²) in [5.41, 5.74) is 3.27. The molecular formula is C16H12N2OS. The maximum atomic E-state index is 5.52. The number of H-pyrrole nitrogens is 1. The first-order chi connectivity index (χ1) is 9.86. The topological polar surface area (TPSA) is 37.9 Å². The summed E-state index contributed by atoms with van der Waals surface area (Å²) >= 11 is 1.62. The van der Waals surface area contributed by atoms with Gasteiger partial charge in [0.05, 0.1) is 18.2 Å². The van der Waals surface area contributed by atoms with Gasteiger partial charge in [0.1, 0.15) is 10.8 Å². The van der Waals surface area contributed by atoms with Gasteiger partial charge in [-0.1, -0.05) is 18.2 Å². The lowest BCUT2D eigenvalue weighted by Gasteiger charge is -2.06. The van der Waals surface area contributed by atoms with Gasteiger partial charge in [-0.25, -0.2) is 4.98 Å². The molecule has 20 heavy (non-hydrogen) atoms. The lowest BCUT2D eigenvalue weighted by Crippen LogP contribution is -1.87. The fourth-order valence-corrected chi connectivity index (χ4v) is 3.23. The Hall–Kier alpha value is -2.33. The number of rotatable bonds is 2. The number of ether oxygens (including phenoxy) is 1. The molecule has 2 aromatic carbocycles. The molecule has 3 nitrogen and oxygen atoms in total. The fraction of sp³-hybridized carbons (Fsp3) is 0.0625. The minimum absolute atomic E-state index is 0.846. The Morgan fingerprint density at radius 1 is 1.10 bits per heavy atom. The molecule has 0 spiro atoms. The number of benzene rings is 2. The van der Waals surface area contributed by atoms with Crippen molar-refractivity contribution >= 4 is 33.1 Å². The van der Waals surface area contributed by atoms with E-state index in [0.29, 0.717) is 0 Å². The van der Waals surface area contributed by atoms with Crippen LogP contribution in [0, 0.1) is 0 Å². The van der Waals surface area contributed by atoms with E-state index in [2.05, 4.69) is 34.2 Å². The van der Waals surface area contributed by atoms with E-state index >= 15 is 0 Å². The predicted molar refractivity (Wildman–Crippen MR) is 83.5 cm³/mol. The number of nitrogens with one attached hydrogen (secondary N) is 1. The number of thiazole rings is 1. The number of fused-ring (bicyclic) bond motifs is 3. The lowest BCUT2D eigenvalue weighted by atomic mass is 10.1. The minimum Gasteiger partial charge on any atom is -0.496 e. The maximum Gasteiger partial charge on any atom is 0.131 e. The van der Waals surface area contributed by atoms with Gasteiger partial charge in [0.2, 0.25) is 0 Å². The van der Waals surface area contributed by atoms with Gasteiger partial charge in [-0.15, -0.1) is 11.3 Å². The van der Waals surface area contributed by atoms with Crippen LogP contribution in [0.15, 0.2) is 48.0 Å². The average Bonchev–Trinajstić information content (AvgIpc) is 3.12. The van der Waals surface area contributed by atoms with E-state index in [1.807, 2.05) is 23.7 Å². The molecule has 0 unspecified atom stereocenters. The molecule has 2 heterocycles. The molecule has 98 valence electrons. The smallest absolute Gasteiger partial charge is 0.131 e. The number of aromatic nitrogens is 2. The van der Waals surface area contributed by atoms with E-state index in [0.717, 1.165) is 27.4 Å². The first kappa shape index (κ1) is 11.5. The van der Waals surface area contributed by atoms with Crippen LogP contribution < -0.4 is 4.74 Å². The second-order valence-electron chi connectivity index (χ2n) is 4.61. The third-order valence-electron chi connectivity index (χ3n) is 3.49. The van der Waals surface area contributed by atoms with Crippen molar-refractivity contribution in [1.82, 2.24) is 9.97 Å². The Morgan fingerprint density at radius 3 is 2.80 bits per heavy atom. The van der Waals surface area contributed by atoms with Crippen molar-refractivity contribution in [3.8, 4) is 16.3 Å². The molecule has 0 aliphatic rings. The molecule has 4 rings (SSSR count). The Bertz CT molecular complexity index is 894. The molecule has 1 N–H and O–H groups in total. The molecule has 0 aliphatic carbocycles. The molecule has 2 aromatic heterocycles. The zero-order chi connectivity index (χ0) is 13.5. The summed E-state index contributed by atoms with van der Waals surface area (Å²) in [5.74, 6) is 0.846. The van der Waals surface area contributed by atoms with Crippen molar-refractivity contribution in [2.75, 3.05) is 7.11 Å². The number of hydrogen-bond donors (Lipinski definition) is 1. The highest BCUT2D eigenvalue weighted by molar-refractivity contribution is 7.13. The molecule has 0 atom stereocenters. The van der Waals surface area contributed by atoms with Gasteiger partial charge >= 0.3 is 0 Å². The van der Waals surface area contributed by atoms with Gasteiger partial charge in [0, 0.05) is 33.9 Å². The average molecular weight is 280 g/mol. The van der Waals surface area contributed by atoms with Gasteiger partial charge in [-0.3, -0.25) is 0 Å². The van der Waals surface area contributed by atoms with Gasteiger partial charge < -0.3 is 9.72 Å². The summed E-state index contributed by atoms with van der Waals surface area (Å²) in [6, 6.07) is 12.5. The molecule has 0 bridgehead atoms. The van der Waals surface area contributed by atoms with Crippen LogP contribution in [-0.2, 0) is 0 Å². The number of para-hydroxylation sites is 1. The highest BCUT2D eigenvalue weighted by atomic mass is 32.1. The van der Waals surface area contributed by atoms with Gasteiger partial charge in [0.15, 0.2) is 0 Å². The molecule has 0 saturated carbocycles. The van der Waals surface area contributed by atoms with Crippen LogP contribution in [0.5, 0.6) is 5.75 Å². The van der Waals surface area contributed by atoms with E-state index in [-0.39, 0.29) is 0 Å². The monoisotopic (exact) mass is 280 g/mol. The quantitative estimate of drug-likeness (QED) is 0.589. The van der Waals surface area contributed by atoms with Crippen molar-refractivity contribution in [3.63, 3.8) is 0 Å². The summed E-state index contributed by atoms with van der Waals surface area (Å²) in [7, 11) is 1.70. The molecule has 4 heteroatoms. The van der Waals surface area contributed by atoms with E-state index in [1.54, 1.807) is 18.4 Å². The highest BCUT2D eigenvalue weighted by Crippen LogP contribution is 2.37. The van der Waals surface area contributed by atoms with Crippen molar-refractivity contribution < 1.29 is 4.74 Å². The van der Waals surface area contributed by atoms with Crippen LogP contribution >= 0.6 is 11.3 Å². The standard InChI is InChI=1S/C16H12N2OS/c1-19-15-9-14-11(8-12(15)16-17-6-7-20-16)10-4-2-3-5-13(10)18-14/h2-9,18H,1H3. The Balaban J connectivity index is 2.10. The molecule has 0 fully saturated rings. The highest BCUT2D eigenvalue weighted by Gasteiger charge is 2.13. The Morgan fingerprint density at radius 2 is 2.00 bits per heavy atom. The van der Waals surface area contributed by atoms with Crippen LogP contribution in [-0.4, -0.2) is 17.1 Å². The SMILES string of the molecule is COc1cc2[nH]c3ccccc3c2cc1-c1nccs1. The summed E-state index contributed by atoms with van der Waals surface area (Å²) < 4.78 is 5.52. The molecule has 0 aliphatic heterocycles. The van der Waals surface area contributed by atoms with Crippen molar-refractivity contribution in [2.45, 2.75) is 0 Å². The Kier molecular flexibility index (Phi) is 2.50. The maximum absolute atomic E-state index is 5.52. The number of aromatic amines is 1. The number of nitrogens with zero attached hydrogens (tertiary/aromatic N) is 1. The summed E-state index contributed by atoms with van der Waals surface area (Å²) in [5, 5.41) is 5.39. The molecule has 0 amide bonds. The van der Waals surface area contributed by atoms with Crippen molar-refractivity contribution in [3.05, 3.63) is 48.0 Å². The first-order valence-electron chi connectivity index (χ1n) is 6.35. The zero-order valence-corrected chi connectivity index (χ0v) is 11.7. The minimum atomic E-state index is 0.846. The van der Waals surface area contributed by atoms with Crippen molar-refractivity contribution in [2.24, 2.45) is 0 Å². The number of hydrogen-bond acceptors (Lipinski definition) is 3. The van der Waals surface area contributed by atoms with E-state index < -0.39 is 0 Å². The van der Waals surface area contributed by atoms with Crippen LogP contribution in [0.2, 0.25) is 0 Å². The van der Waals surface area contributed by atoms with Gasteiger partial charge in [-0.05, 0) is 12.1 Å². The van der Waals surface area contributed by atoms with Gasteiger partial charge in [-0.2, -0.15) is 0 Å². The summed E-state index contributed by atoms with van der Waals surface area (Å²) in [4.78, 5) is 7.82. The van der Waals surface area contributed by atoms with Crippen LogP contribution in [0.25, 0.3) is 32.4 Å². The van der Waals surface area contributed by atoms with E-state index in [4.69, 9.17) is 4.74 Å². The van der Waals surface area contributed by atoms with E-state index in [1.165, 1.54) is 10.8 Å². The van der Waals surface area contributed by atoms with Crippen LogP contribution in [0.1, 0.15) is 0 Å². The van der Waals surface area contributed by atoms with Crippen LogP contribution in [0.4, 0.5) is 0 Å². The molecule has 4 aromatic rings. The largest absolute Gasteiger partial charge is 0.496 e. The normalized spacial score (nSPS) is 11.2. The van der Waals surface area contributed by atoms with Gasteiger partial charge in [0.25, 0.3) is 0 Å². The third-order valence-corrected chi connectivity index (χ3v) is 4.30. The molecule has 0 radical (unpaired) electrons. The van der Waals surface area contributed by atoms with E-state index in [9.17, 15) is 0 Å². The molecular weight excluding hydrogens is 268 g/mol. The third kappa shape index (κ3) is 1.62. The number of methoxy groups -OCH3 is 1. The summed E-state index contributed by atoms with van der Waals surface area (Å²) in [6.45, 7) is 0. The van der Waals surface area contributed by atoms with Crippen molar-refractivity contribution in [1.29, 1.82) is 0 Å². The Labute approximate surface area is 119 Å². The second-order valence-corrected chi connectivity index (χ2v) is 5.50. The van der Waals surface area contributed by atoms with Crippen LogP contribution in [0.3, 0.4) is 0 Å². The fourth-order valence-electron chi connectivity index (χ4n) is 2.57. The first-order valence-corrected chi connectivity index (χ1v) is 7.23. The zero-order valence-electron chi connectivity index (χ0n) is 10.9. The summed E-state index contributed by atoms with van der Waals surface area (Å²) in [6.07, 6.45) is 1.82. The second kappa shape index (κ2) is 4.35. The lowest BCUT2D eigenvalue weighted by molar-refractivity contribution is 0.417. The predicted octanol–water partition coefficient (Wildman–Crippen LogP) is 4.45.